The molecule has 0 aliphatic rings. The van der Waals surface area contributed by atoms with Gasteiger partial charge in [-0.2, -0.15) is 0 Å². The van der Waals surface area contributed by atoms with Crippen molar-refractivity contribution in [1.29, 1.82) is 0 Å². The van der Waals surface area contributed by atoms with E-state index in [2.05, 4.69) is 24.5 Å². The number of amides is 2. The lowest BCUT2D eigenvalue weighted by Crippen LogP contribution is -2.20. The molecule has 0 aliphatic heterocycles. The number of ether oxygens (including phenoxy) is 1. The molecule has 0 saturated carbocycles. The monoisotopic (exact) mass is 340 g/mol. The molecule has 0 aliphatic carbocycles. The number of nitrogens with one attached hydrogen (secondary N) is 2. The maximum absolute atomic E-state index is 12.1. The van der Waals surface area contributed by atoms with E-state index in [9.17, 15) is 9.59 Å². The Balaban J connectivity index is 1.95. The summed E-state index contributed by atoms with van der Waals surface area (Å²) in [7, 11) is 0. The van der Waals surface area contributed by atoms with E-state index < -0.39 is 0 Å². The maximum Gasteiger partial charge on any atom is 0.262 e. The molecule has 0 unspecified atom stereocenters. The molecule has 5 nitrogen and oxygen atoms in total. The first-order valence-electron chi connectivity index (χ1n) is 8.41. The summed E-state index contributed by atoms with van der Waals surface area (Å²) in [5, 5.41) is 5.54. The number of carbonyl (C=O) groups excluding carboxylic acids is 2. The van der Waals surface area contributed by atoms with Crippen molar-refractivity contribution in [3.05, 3.63) is 54.1 Å². The van der Waals surface area contributed by atoms with Gasteiger partial charge in [0.25, 0.3) is 5.91 Å². The molecule has 2 amide bonds. The molecule has 25 heavy (non-hydrogen) atoms. The first-order chi connectivity index (χ1) is 12.0. The quantitative estimate of drug-likeness (QED) is 0.795. The molecular weight excluding hydrogens is 316 g/mol. The Bertz CT molecular complexity index is 741. The molecule has 0 fully saturated rings. The first kappa shape index (κ1) is 18.5. The molecule has 0 atom stereocenters. The van der Waals surface area contributed by atoms with Crippen LogP contribution in [0.2, 0.25) is 0 Å². The minimum absolute atomic E-state index is 0.0721. The summed E-state index contributed by atoms with van der Waals surface area (Å²) < 4.78 is 5.66. The Morgan fingerprint density at radius 2 is 1.60 bits per heavy atom. The predicted molar refractivity (Wildman–Crippen MR) is 100 cm³/mol. The topological polar surface area (TPSA) is 67.4 Å². The lowest BCUT2D eigenvalue weighted by molar-refractivity contribution is -0.118. The fraction of sp³-hybridized carbons (Fsp3) is 0.300. The normalized spacial score (nSPS) is 10.4. The SMILES string of the molecule is CCC(=O)Nc1cccc(NC(=O)COc2ccccc2C(C)C)c1. The summed E-state index contributed by atoms with van der Waals surface area (Å²) in [6.07, 6.45) is 0.402. The predicted octanol–water partition coefficient (Wildman–Crippen LogP) is 4.18. The van der Waals surface area contributed by atoms with Crippen molar-refractivity contribution < 1.29 is 14.3 Å². The number of anilines is 2. The van der Waals surface area contributed by atoms with Crippen LogP contribution in [0.25, 0.3) is 0 Å². The summed E-state index contributed by atoms with van der Waals surface area (Å²) in [5.74, 6) is 0.712. The van der Waals surface area contributed by atoms with E-state index in [4.69, 9.17) is 4.74 Å². The van der Waals surface area contributed by atoms with Crippen LogP contribution in [0.1, 0.15) is 38.7 Å². The van der Waals surface area contributed by atoms with Crippen molar-refractivity contribution in [1.82, 2.24) is 0 Å². The van der Waals surface area contributed by atoms with E-state index in [1.165, 1.54) is 0 Å². The van der Waals surface area contributed by atoms with E-state index in [1.54, 1.807) is 31.2 Å². The van der Waals surface area contributed by atoms with Crippen LogP contribution in [-0.2, 0) is 9.59 Å². The fourth-order valence-electron chi connectivity index (χ4n) is 2.35. The summed E-state index contributed by atoms with van der Waals surface area (Å²) in [6, 6.07) is 14.7. The highest BCUT2D eigenvalue weighted by atomic mass is 16.5. The second kappa shape index (κ2) is 8.87. The molecule has 5 heteroatoms. The number of benzene rings is 2. The smallest absolute Gasteiger partial charge is 0.262 e. The molecule has 2 N–H and O–H groups in total. The van der Waals surface area contributed by atoms with Crippen LogP contribution in [0.5, 0.6) is 5.75 Å². The summed E-state index contributed by atoms with van der Waals surface area (Å²) >= 11 is 0. The molecule has 0 aromatic heterocycles. The van der Waals surface area contributed by atoms with E-state index >= 15 is 0 Å². The van der Waals surface area contributed by atoms with Crippen LogP contribution in [0.3, 0.4) is 0 Å². The number of para-hydroxylation sites is 1. The third-order valence-electron chi connectivity index (χ3n) is 3.65. The zero-order valence-corrected chi connectivity index (χ0v) is 14.8. The summed E-state index contributed by atoms with van der Waals surface area (Å²) in [4.78, 5) is 23.6. The van der Waals surface area contributed by atoms with Crippen LogP contribution in [-0.4, -0.2) is 18.4 Å². The molecule has 2 aromatic rings. The van der Waals surface area contributed by atoms with Gasteiger partial charge in [-0.05, 0) is 35.7 Å². The largest absolute Gasteiger partial charge is 0.483 e. The van der Waals surface area contributed by atoms with Crippen LogP contribution >= 0.6 is 0 Å². The maximum atomic E-state index is 12.1. The lowest BCUT2D eigenvalue weighted by atomic mass is 10.0. The third kappa shape index (κ3) is 5.64. The minimum atomic E-state index is -0.252. The van der Waals surface area contributed by atoms with Crippen LogP contribution in [0, 0.1) is 0 Å². The zero-order chi connectivity index (χ0) is 18.2. The van der Waals surface area contributed by atoms with Gasteiger partial charge in [0, 0.05) is 17.8 Å². The Morgan fingerprint density at radius 3 is 2.24 bits per heavy atom. The average Bonchev–Trinajstić information content (AvgIpc) is 2.60. The van der Waals surface area contributed by atoms with Gasteiger partial charge in [0.2, 0.25) is 5.91 Å². The molecule has 0 radical (unpaired) electrons. The van der Waals surface area contributed by atoms with E-state index in [-0.39, 0.29) is 18.4 Å². The van der Waals surface area contributed by atoms with Crippen molar-refractivity contribution in [2.45, 2.75) is 33.1 Å². The number of rotatable bonds is 7. The summed E-state index contributed by atoms with van der Waals surface area (Å²) in [5.41, 5.74) is 2.33. The van der Waals surface area contributed by atoms with E-state index in [0.717, 1.165) is 11.3 Å². The van der Waals surface area contributed by atoms with Gasteiger partial charge in [-0.1, -0.05) is 45.0 Å². The van der Waals surface area contributed by atoms with E-state index in [0.29, 0.717) is 23.7 Å². The Hall–Kier alpha value is -2.82. The molecule has 132 valence electrons. The first-order valence-corrected chi connectivity index (χ1v) is 8.41. The zero-order valence-electron chi connectivity index (χ0n) is 14.8. The van der Waals surface area contributed by atoms with Crippen LogP contribution in [0.15, 0.2) is 48.5 Å². The van der Waals surface area contributed by atoms with Gasteiger partial charge in [0.15, 0.2) is 6.61 Å². The fourth-order valence-corrected chi connectivity index (χ4v) is 2.35. The molecular formula is C20H24N2O3. The van der Waals surface area contributed by atoms with Crippen molar-refractivity contribution in [2.24, 2.45) is 0 Å². The Kier molecular flexibility index (Phi) is 6.57. The molecule has 0 spiro atoms. The van der Waals surface area contributed by atoms with Crippen molar-refractivity contribution in [3.8, 4) is 5.75 Å². The number of carbonyl (C=O) groups is 2. The molecule has 0 bridgehead atoms. The van der Waals surface area contributed by atoms with Gasteiger partial charge in [-0.25, -0.2) is 0 Å². The second-order valence-electron chi connectivity index (χ2n) is 6.01. The molecule has 2 aromatic carbocycles. The highest BCUT2D eigenvalue weighted by molar-refractivity contribution is 5.94. The standard InChI is InChI=1S/C20H24N2O3/c1-4-19(23)21-15-8-7-9-16(12-15)22-20(24)13-25-18-11-6-5-10-17(18)14(2)3/h5-12,14H,4,13H2,1-3H3,(H,21,23)(H,22,24). The van der Waals surface area contributed by atoms with Gasteiger partial charge in [0.05, 0.1) is 0 Å². The van der Waals surface area contributed by atoms with Gasteiger partial charge in [0.1, 0.15) is 5.75 Å². The Morgan fingerprint density at radius 1 is 0.960 bits per heavy atom. The van der Waals surface area contributed by atoms with Gasteiger partial charge >= 0.3 is 0 Å². The molecule has 2 rings (SSSR count). The highest BCUT2D eigenvalue weighted by Gasteiger charge is 2.10. The van der Waals surface area contributed by atoms with Gasteiger partial charge in [-0.3, -0.25) is 9.59 Å². The van der Waals surface area contributed by atoms with Crippen LogP contribution < -0.4 is 15.4 Å². The third-order valence-corrected chi connectivity index (χ3v) is 3.65. The Labute approximate surface area is 148 Å². The van der Waals surface area contributed by atoms with Gasteiger partial charge < -0.3 is 15.4 Å². The average molecular weight is 340 g/mol. The van der Waals surface area contributed by atoms with Gasteiger partial charge in [-0.15, -0.1) is 0 Å². The second-order valence-corrected chi connectivity index (χ2v) is 6.01. The van der Waals surface area contributed by atoms with Crippen molar-refractivity contribution in [3.63, 3.8) is 0 Å². The summed E-state index contributed by atoms with van der Waals surface area (Å²) in [6.45, 7) is 5.87. The number of hydrogen-bond donors (Lipinski definition) is 2. The van der Waals surface area contributed by atoms with E-state index in [1.807, 2.05) is 24.3 Å². The molecule has 0 heterocycles. The van der Waals surface area contributed by atoms with Crippen molar-refractivity contribution in [2.75, 3.05) is 17.2 Å². The highest BCUT2D eigenvalue weighted by Crippen LogP contribution is 2.25. The van der Waals surface area contributed by atoms with Crippen molar-refractivity contribution >= 4 is 23.2 Å². The number of hydrogen-bond acceptors (Lipinski definition) is 3. The lowest BCUT2D eigenvalue weighted by Gasteiger charge is -2.14. The minimum Gasteiger partial charge on any atom is -0.483 e. The molecule has 0 saturated heterocycles. The van der Waals surface area contributed by atoms with Crippen LogP contribution in [0.4, 0.5) is 11.4 Å².